The molecule has 0 spiro atoms. The predicted octanol–water partition coefficient (Wildman–Crippen LogP) is 3.44. The summed E-state index contributed by atoms with van der Waals surface area (Å²) in [4.78, 5) is 29.9. The van der Waals surface area contributed by atoms with Crippen LogP contribution in [0.4, 0.5) is 0 Å². The summed E-state index contributed by atoms with van der Waals surface area (Å²) in [7, 11) is 0. The highest BCUT2D eigenvalue weighted by atomic mass is 16.3. The van der Waals surface area contributed by atoms with Gasteiger partial charge in [0.2, 0.25) is 0 Å². The Morgan fingerprint density at radius 3 is 2.52 bits per heavy atom. The van der Waals surface area contributed by atoms with Crippen LogP contribution < -0.4 is 5.56 Å². The number of H-pyrrole nitrogens is 1. The summed E-state index contributed by atoms with van der Waals surface area (Å²) in [5.74, 6) is 0.470. The number of furan rings is 1. The average Bonchev–Trinajstić information content (AvgIpc) is 3.35. The van der Waals surface area contributed by atoms with Crippen LogP contribution in [0.15, 0.2) is 70.1 Å². The van der Waals surface area contributed by atoms with E-state index in [9.17, 15) is 9.59 Å². The largest absolute Gasteiger partial charge is 0.467 e. The first-order valence-corrected chi connectivity index (χ1v) is 8.34. The molecule has 1 amide bonds. The zero-order chi connectivity index (χ0) is 17.2. The molecule has 4 rings (SSSR count). The van der Waals surface area contributed by atoms with Gasteiger partial charge in [0.05, 0.1) is 12.8 Å². The lowest BCUT2D eigenvalue weighted by atomic mass is 10.1. The first-order chi connectivity index (χ1) is 12.2. The summed E-state index contributed by atoms with van der Waals surface area (Å²) in [6, 6.07) is 16.8. The van der Waals surface area contributed by atoms with E-state index in [0.717, 1.165) is 24.2 Å². The van der Waals surface area contributed by atoms with Crippen LogP contribution in [0, 0.1) is 0 Å². The highest BCUT2D eigenvalue weighted by Gasteiger charge is 2.34. The minimum absolute atomic E-state index is 0.165. The Bertz CT molecular complexity index is 925. The molecule has 0 bridgehead atoms. The summed E-state index contributed by atoms with van der Waals surface area (Å²) in [6.45, 7) is 0.385. The van der Waals surface area contributed by atoms with Crippen molar-refractivity contribution >= 4 is 5.91 Å². The Labute approximate surface area is 144 Å². The van der Waals surface area contributed by atoms with Crippen LogP contribution in [-0.2, 0) is 6.54 Å². The van der Waals surface area contributed by atoms with Gasteiger partial charge in [0, 0.05) is 11.7 Å². The molecule has 0 atom stereocenters. The molecule has 126 valence electrons. The molecule has 1 N–H and O–H groups in total. The Hall–Kier alpha value is -3.08. The number of nitrogens with one attached hydrogen (secondary N) is 1. The first kappa shape index (κ1) is 15.4. The van der Waals surface area contributed by atoms with Gasteiger partial charge in [0.1, 0.15) is 11.3 Å². The number of carbonyl (C=O) groups is 1. The quantitative estimate of drug-likeness (QED) is 0.777. The maximum Gasteiger partial charge on any atom is 0.261 e. The second-order valence-electron chi connectivity index (χ2n) is 6.22. The lowest BCUT2D eigenvalue weighted by Crippen LogP contribution is -2.36. The molecular weight excluding hydrogens is 316 g/mol. The molecule has 0 unspecified atom stereocenters. The van der Waals surface area contributed by atoms with E-state index in [2.05, 4.69) is 4.98 Å². The number of carbonyl (C=O) groups excluding carboxylic acids is 1. The van der Waals surface area contributed by atoms with Crippen molar-refractivity contribution in [3.05, 3.63) is 82.5 Å². The van der Waals surface area contributed by atoms with Crippen molar-refractivity contribution in [3.8, 4) is 11.3 Å². The van der Waals surface area contributed by atoms with Gasteiger partial charge in [0.25, 0.3) is 11.5 Å². The SMILES string of the molecule is O=C(c1ccc(-c2ccccc2)[nH]c1=O)N(Cc1ccco1)C1CC1. The fourth-order valence-corrected chi connectivity index (χ4v) is 2.91. The van der Waals surface area contributed by atoms with Crippen LogP contribution in [-0.4, -0.2) is 21.8 Å². The van der Waals surface area contributed by atoms with Gasteiger partial charge in [-0.25, -0.2) is 0 Å². The van der Waals surface area contributed by atoms with Gasteiger partial charge in [-0.05, 0) is 42.7 Å². The van der Waals surface area contributed by atoms with Crippen molar-refractivity contribution in [1.29, 1.82) is 0 Å². The van der Waals surface area contributed by atoms with Crippen LogP contribution in [0.3, 0.4) is 0 Å². The topological polar surface area (TPSA) is 66.3 Å². The van der Waals surface area contributed by atoms with Gasteiger partial charge in [-0.3, -0.25) is 9.59 Å². The Morgan fingerprint density at radius 1 is 1.08 bits per heavy atom. The number of aromatic amines is 1. The summed E-state index contributed by atoms with van der Waals surface area (Å²) in [5.41, 5.74) is 1.41. The van der Waals surface area contributed by atoms with E-state index < -0.39 is 0 Å². The molecule has 1 aromatic carbocycles. The molecule has 0 saturated heterocycles. The molecule has 2 aromatic heterocycles. The molecule has 5 nitrogen and oxygen atoms in total. The molecule has 1 aliphatic carbocycles. The third kappa shape index (κ3) is 3.26. The van der Waals surface area contributed by atoms with Gasteiger partial charge in [-0.15, -0.1) is 0 Å². The fraction of sp³-hybridized carbons (Fsp3) is 0.200. The Kier molecular flexibility index (Phi) is 3.98. The maximum absolute atomic E-state index is 12.9. The lowest BCUT2D eigenvalue weighted by molar-refractivity contribution is 0.0715. The monoisotopic (exact) mass is 334 g/mol. The number of hydrogen-bond acceptors (Lipinski definition) is 3. The van der Waals surface area contributed by atoms with Crippen LogP contribution in [0.1, 0.15) is 29.0 Å². The highest BCUT2D eigenvalue weighted by molar-refractivity contribution is 5.94. The molecule has 1 fully saturated rings. The number of hydrogen-bond donors (Lipinski definition) is 1. The van der Waals surface area contributed by atoms with Gasteiger partial charge >= 0.3 is 0 Å². The number of rotatable bonds is 5. The molecule has 25 heavy (non-hydrogen) atoms. The van der Waals surface area contributed by atoms with Crippen LogP contribution in [0.2, 0.25) is 0 Å². The van der Waals surface area contributed by atoms with Gasteiger partial charge < -0.3 is 14.3 Å². The molecule has 1 aliphatic rings. The molecule has 5 heteroatoms. The molecule has 3 aromatic rings. The standard InChI is InChI=1S/C20H18N2O3/c23-19-17(10-11-18(21-19)14-5-2-1-3-6-14)20(24)22(15-8-9-15)13-16-7-4-12-25-16/h1-7,10-12,15H,8-9,13H2,(H,21,23). The maximum atomic E-state index is 12.9. The van der Waals surface area contributed by atoms with Gasteiger partial charge in [-0.2, -0.15) is 0 Å². The molecular formula is C20H18N2O3. The molecule has 2 heterocycles. The van der Waals surface area contributed by atoms with E-state index in [1.165, 1.54) is 0 Å². The van der Waals surface area contributed by atoms with E-state index in [-0.39, 0.29) is 23.1 Å². The summed E-state index contributed by atoms with van der Waals surface area (Å²) in [5, 5.41) is 0. The number of nitrogens with zero attached hydrogens (tertiary/aromatic N) is 1. The average molecular weight is 334 g/mol. The highest BCUT2D eigenvalue weighted by Crippen LogP contribution is 2.29. The third-order valence-electron chi connectivity index (χ3n) is 4.38. The zero-order valence-electron chi connectivity index (χ0n) is 13.6. The normalized spacial score (nSPS) is 13.6. The van der Waals surface area contributed by atoms with Gasteiger partial charge in [0.15, 0.2) is 0 Å². The van der Waals surface area contributed by atoms with E-state index in [1.54, 1.807) is 29.4 Å². The van der Waals surface area contributed by atoms with Crippen molar-refractivity contribution in [2.24, 2.45) is 0 Å². The van der Waals surface area contributed by atoms with Gasteiger partial charge in [-0.1, -0.05) is 30.3 Å². The lowest BCUT2D eigenvalue weighted by Gasteiger charge is -2.21. The first-order valence-electron chi connectivity index (χ1n) is 8.34. The number of aromatic nitrogens is 1. The van der Waals surface area contributed by atoms with E-state index in [4.69, 9.17) is 4.42 Å². The molecule has 1 saturated carbocycles. The van der Waals surface area contributed by atoms with Crippen LogP contribution >= 0.6 is 0 Å². The van der Waals surface area contributed by atoms with E-state index >= 15 is 0 Å². The second kappa shape index (κ2) is 6.43. The smallest absolute Gasteiger partial charge is 0.261 e. The van der Waals surface area contributed by atoms with E-state index in [1.807, 2.05) is 36.4 Å². The zero-order valence-corrected chi connectivity index (χ0v) is 13.6. The second-order valence-corrected chi connectivity index (χ2v) is 6.22. The van der Waals surface area contributed by atoms with E-state index in [0.29, 0.717) is 12.2 Å². The Balaban J connectivity index is 1.61. The minimum Gasteiger partial charge on any atom is -0.467 e. The number of benzene rings is 1. The predicted molar refractivity (Wildman–Crippen MR) is 94.1 cm³/mol. The van der Waals surface area contributed by atoms with Crippen LogP contribution in [0.5, 0.6) is 0 Å². The van der Waals surface area contributed by atoms with Crippen molar-refractivity contribution in [3.63, 3.8) is 0 Å². The fourth-order valence-electron chi connectivity index (χ4n) is 2.91. The van der Waals surface area contributed by atoms with Crippen molar-refractivity contribution < 1.29 is 9.21 Å². The molecule has 0 aliphatic heterocycles. The number of pyridine rings is 1. The summed E-state index contributed by atoms with van der Waals surface area (Å²) in [6.07, 6.45) is 3.52. The minimum atomic E-state index is -0.364. The Morgan fingerprint density at radius 2 is 1.88 bits per heavy atom. The van der Waals surface area contributed by atoms with Crippen molar-refractivity contribution in [2.45, 2.75) is 25.4 Å². The molecule has 0 radical (unpaired) electrons. The van der Waals surface area contributed by atoms with Crippen molar-refractivity contribution in [1.82, 2.24) is 9.88 Å². The van der Waals surface area contributed by atoms with Crippen LogP contribution in [0.25, 0.3) is 11.3 Å². The van der Waals surface area contributed by atoms with Crippen molar-refractivity contribution in [2.75, 3.05) is 0 Å². The summed E-state index contributed by atoms with van der Waals surface area (Å²) < 4.78 is 5.36. The summed E-state index contributed by atoms with van der Waals surface area (Å²) >= 11 is 0. The third-order valence-corrected chi connectivity index (χ3v) is 4.38. The number of amides is 1.